The lowest BCUT2D eigenvalue weighted by atomic mass is 10.1. The van der Waals surface area contributed by atoms with Crippen LogP contribution in [-0.2, 0) is 0 Å². The molecule has 0 aliphatic carbocycles. The number of ether oxygens (including phenoxy) is 2. The number of benzene rings is 2. The molecule has 5 nitrogen and oxygen atoms in total. The van der Waals surface area contributed by atoms with Crippen molar-refractivity contribution in [2.45, 2.75) is 6.92 Å². The Balaban J connectivity index is 2.13. The van der Waals surface area contributed by atoms with Crippen molar-refractivity contribution in [3.05, 3.63) is 57.6 Å². The molecule has 0 aromatic heterocycles. The summed E-state index contributed by atoms with van der Waals surface area (Å²) in [6, 6.07) is 10.9. The molecular formula is C17H17BrN2O3. The van der Waals surface area contributed by atoms with Crippen molar-refractivity contribution in [2.75, 3.05) is 14.2 Å². The maximum Gasteiger partial charge on any atom is 0.271 e. The summed E-state index contributed by atoms with van der Waals surface area (Å²) in [6.45, 7) is 1.88. The van der Waals surface area contributed by atoms with E-state index < -0.39 is 0 Å². The van der Waals surface area contributed by atoms with Gasteiger partial charge in [0.05, 0.1) is 24.9 Å². The molecule has 0 heterocycles. The lowest BCUT2D eigenvalue weighted by Gasteiger charge is -2.10. The molecule has 0 fully saturated rings. The summed E-state index contributed by atoms with van der Waals surface area (Å²) in [4.78, 5) is 12.1. The second-order valence-electron chi connectivity index (χ2n) is 4.75. The number of nitrogens with one attached hydrogen (secondary N) is 1. The molecule has 0 atom stereocenters. The van der Waals surface area contributed by atoms with Gasteiger partial charge in [0.1, 0.15) is 0 Å². The van der Waals surface area contributed by atoms with Crippen molar-refractivity contribution < 1.29 is 14.3 Å². The Kier molecular flexibility index (Phi) is 5.76. The molecule has 0 spiro atoms. The van der Waals surface area contributed by atoms with Crippen molar-refractivity contribution in [2.24, 2.45) is 5.10 Å². The number of hydrogen-bond acceptors (Lipinski definition) is 4. The number of carbonyl (C=O) groups is 1. The van der Waals surface area contributed by atoms with E-state index in [-0.39, 0.29) is 5.91 Å². The molecule has 120 valence electrons. The Morgan fingerprint density at radius 3 is 2.61 bits per heavy atom. The van der Waals surface area contributed by atoms with E-state index in [4.69, 9.17) is 9.47 Å². The van der Waals surface area contributed by atoms with Crippen LogP contribution >= 0.6 is 15.9 Å². The fourth-order valence-corrected chi connectivity index (χ4v) is 2.69. The van der Waals surface area contributed by atoms with Crippen molar-refractivity contribution >= 4 is 28.1 Å². The Morgan fingerprint density at radius 2 is 1.96 bits per heavy atom. The first-order valence-corrected chi connectivity index (χ1v) is 7.66. The maximum atomic E-state index is 12.1. The van der Waals surface area contributed by atoms with Crippen LogP contribution in [0.15, 0.2) is 46.0 Å². The minimum atomic E-state index is -0.251. The van der Waals surface area contributed by atoms with E-state index >= 15 is 0 Å². The zero-order chi connectivity index (χ0) is 16.8. The summed E-state index contributed by atoms with van der Waals surface area (Å²) in [5.74, 6) is 0.932. The van der Waals surface area contributed by atoms with Gasteiger partial charge < -0.3 is 9.47 Å². The Morgan fingerprint density at radius 1 is 1.22 bits per heavy atom. The molecule has 23 heavy (non-hydrogen) atoms. The van der Waals surface area contributed by atoms with Gasteiger partial charge in [-0.1, -0.05) is 18.2 Å². The minimum Gasteiger partial charge on any atom is -0.493 e. The standard InChI is InChI=1S/C17H17BrN2O3/c1-11-6-4-5-7-13(11)17(21)20-19-10-12-8-14(18)16(23-3)15(9-12)22-2/h4-10H,1-3H3,(H,20,21)/b19-10+. The lowest BCUT2D eigenvalue weighted by Crippen LogP contribution is -2.18. The molecule has 0 aliphatic rings. The van der Waals surface area contributed by atoms with Crippen molar-refractivity contribution in [3.63, 3.8) is 0 Å². The highest BCUT2D eigenvalue weighted by atomic mass is 79.9. The first-order chi connectivity index (χ1) is 11.1. The van der Waals surface area contributed by atoms with Gasteiger partial charge in [0.15, 0.2) is 11.5 Å². The molecule has 0 unspecified atom stereocenters. The number of hydrazone groups is 1. The molecule has 1 amide bonds. The van der Waals surface area contributed by atoms with E-state index in [0.29, 0.717) is 17.1 Å². The topological polar surface area (TPSA) is 59.9 Å². The number of aryl methyl sites for hydroxylation is 1. The van der Waals surface area contributed by atoms with E-state index in [9.17, 15) is 4.79 Å². The van der Waals surface area contributed by atoms with Crippen LogP contribution in [-0.4, -0.2) is 26.3 Å². The molecular weight excluding hydrogens is 360 g/mol. The lowest BCUT2D eigenvalue weighted by molar-refractivity contribution is 0.0954. The summed E-state index contributed by atoms with van der Waals surface area (Å²) in [5.41, 5.74) is 4.77. The van der Waals surface area contributed by atoms with Crippen LogP contribution in [0.1, 0.15) is 21.5 Å². The number of carbonyl (C=O) groups excluding carboxylic acids is 1. The summed E-state index contributed by atoms with van der Waals surface area (Å²) >= 11 is 3.41. The zero-order valence-electron chi connectivity index (χ0n) is 13.1. The van der Waals surface area contributed by atoms with Crippen molar-refractivity contribution in [1.29, 1.82) is 0 Å². The predicted octanol–water partition coefficient (Wildman–Crippen LogP) is 3.54. The third-order valence-electron chi connectivity index (χ3n) is 3.23. The second kappa shape index (κ2) is 7.78. The van der Waals surface area contributed by atoms with Gasteiger partial charge in [0.25, 0.3) is 5.91 Å². The summed E-state index contributed by atoms with van der Waals surface area (Å²) in [5, 5.41) is 3.99. The fraction of sp³-hybridized carbons (Fsp3) is 0.176. The van der Waals surface area contributed by atoms with Gasteiger partial charge in [-0.05, 0) is 52.2 Å². The number of hydrogen-bond donors (Lipinski definition) is 1. The molecule has 1 N–H and O–H groups in total. The van der Waals surface area contributed by atoms with E-state index in [1.807, 2.05) is 31.2 Å². The van der Waals surface area contributed by atoms with Gasteiger partial charge >= 0.3 is 0 Å². The van der Waals surface area contributed by atoms with E-state index in [0.717, 1.165) is 15.6 Å². The SMILES string of the molecule is COc1cc(/C=N/NC(=O)c2ccccc2C)cc(Br)c1OC. The number of methoxy groups -OCH3 is 2. The highest BCUT2D eigenvalue weighted by Crippen LogP contribution is 2.35. The molecule has 2 aromatic carbocycles. The first-order valence-electron chi connectivity index (χ1n) is 6.87. The number of rotatable bonds is 5. The molecule has 0 bridgehead atoms. The quantitative estimate of drug-likeness (QED) is 0.641. The van der Waals surface area contributed by atoms with Crippen molar-refractivity contribution in [1.82, 2.24) is 5.43 Å². The molecule has 0 saturated heterocycles. The summed E-state index contributed by atoms with van der Waals surface area (Å²) in [6.07, 6.45) is 1.54. The third kappa shape index (κ3) is 4.10. The average Bonchev–Trinajstić information content (AvgIpc) is 2.54. The summed E-state index contributed by atoms with van der Waals surface area (Å²) < 4.78 is 11.3. The van der Waals surface area contributed by atoms with Crippen LogP contribution in [0.4, 0.5) is 0 Å². The van der Waals surface area contributed by atoms with Gasteiger partial charge in [-0.15, -0.1) is 0 Å². The number of amides is 1. The minimum absolute atomic E-state index is 0.251. The molecule has 0 radical (unpaired) electrons. The molecule has 0 saturated carbocycles. The van der Waals surface area contributed by atoms with E-state index in [1.54, 1.807) is 32.6 Å². The number of nitrogens with zero attached hydrogens (tertiary/aromatic N) is 1. The van der Waals surface area contributed by atoms with Gasteiger partial charge in [-0.2, -0.15) is 5.10 Å². The summed E-state index contributed by atoms with van der Waals surface area (Å²) in [7, 11) is 3.13. The zero-order valence-corrected chi connectivity index (χ0v) is 14.7. The fourth-order valence-electron chi connectivity index (χ4n) is 2.07. The highest BCUT2D eigenvalue weighted by molar-refractivity contribution is 9.10. The monoisotopic (exact) mass is 376 g/mol. The van der Waals surface area contributed by atoms with E-state index in [1.165, 1.54) is 0 Å². The maximum absolute atomic E-state index is 12.1. The molecule has 2 aromatic rings. The van der Waals surface area contributed by atoms with E-state index in [2.05, 4.69) is 26.5 Å². The van der Waals surface area contributed by atoms with Crippen LogP contribution in [0.2, 0.25) is 0 Å². The van der Waals surface area contributed by atoms with Crippen LogP contribution in [0, 0.1) is 6.92 Å². The highest BCUT2D eigenvalue weighted by Gasteiger charge is 2.10. The number of halogens is 1. The van der Waals surface area contributed by atoms with Gasteiger partial charge in [0, 0.05) is 5.56 Å². The van der Waals surface area contributed by atoms with Crippen LogP contribution < -0.4 is 14.9 Å². The Labute approximate surface area is 143 Å². The smallest absolute Gasteiger partial charge is 0.271 e. The Hall–Kier alpha value is -2.34. The Bertz CT molecular complexity index is 745. The van der Waals surface area contributed by atoms with Gasteiger partial charge in [-0.25, -0.2) is 5.43 Å². The molecule has 6 heteroatoms. The van der Waals surface area contributed by atoms with Crippen LogP contribution in [0.3, 0.4) is 0 Å². The average molecular weight is 377 g/mol. The predicted molar refractivity (Wildman–Crippen MR) is 93.5 cm³/mol. The largest absolute Gasteiger partial charge is 0.493 e. The van der Waals surface area contributed by atoms with Crippen molar-refractivity contribution in [3.8, 4) is 11.5 Å². The third-order valence-corrected chi connectivity index (χ3v) is 3.81. The van der Waals surface area contributed by atoms with Gasteiger partial charge in [-0.3, -0.25) is 4.79 Å². The normalized spacial score (nSPS) is 10.6. The van der Waals surface area contributed by atoms with Gasteiger partial charge in [0.2, 0.25) is 0 Å². The van der Waals surface area contributed by atoms with Crippen LogP contribution in [0.5, 0.6) is 11.5 Å². The molecule has 2 rings (SSSR count). The first kappa shape index (κ1) is 17.0. The second-order valence-corrected chi connectivity index (χ2v) is 5.61. The molecule has 0 aliphatic heterocycles. The van der Waals surface area contributed by atoms with Crippen LogP contribution in [0.25, 0.3) is 0 Å².